The Morgan fingerprint density at radius 3 is 2.76 bits per heavy atom. The molecule has 0 bridgehead atoms. The largest absolute Gasteiger partial charge is 0.342 e. The molecule has 0 saturated carbocycles. The zero-order chi connectivity index (χ0) is 18.2. The van der Waals surface area contributed by atoms with Gasteiger partial charge in [-0.25, -0.2) is 9.97 Å². The van der Waals surface area contributed by atoms with E-state index in [1.165, 1.54) is 18.0 Å². The number of aromatic nitrogens is 2. The van der Waals surface area contributed by atoms with Crippen molar-refractivity contribution in [1.29, 1.82) is 0 Å². The summed E-state index contributed by atoms with van der Waals surface area (Å²) in [6.45, 7) is 3.76. The molecule has 0 aliphatic rings. The van der Waals surface area contributed by atoms with Crippen molar-refractivity contribution >= 4 is 40.9 Å². The Labute approximate surface area is 155 Å². The third kappa shape index (κ3) is 5.72. The van der Waals surface area contributed by atoms with E-state index in [-0.39, 0.29) is 23.2 Å². The van der Waals surface area contributed by atoms with Crippen LogP contribution in [-0.2, 0) is 4.79 Å². The first-order valence-corrected chi connectivity index (χ1v) is 9.16. The zero-order valence-electron chi connectivity index (χ0n) is 14.0. The number of amides is 2. The van der Waals surface area contributed by atoms with Gasteiger partial charge >= 0.3 is 0 Å². The van der Waals surface area contributed by atoms with Gasteiger partial charge in [0, 0.05) is 11.4 Å². The molecule has 2 rings (SSSR count). The highest BCUT2D eigenvalue weighted by Crippen LogP contribution is 2.18. The predicted octanol–water partition coefficient (Wildman–Crippen LogP) is 3.31. The lowest BCUT2D eigenvalue weighted by molar-refractivity contribution is -0.115. The molecule has 6 nitrogen and oxygen atoms in total. The molecule has 0 unspecified atom stereocenters. The minimum absolute atomic E-state index is 0.0685. The van der Waals surface area contributed by atoms with Crippen LogP contribution in [0.15, 0.2) is 35.6 Å². The Balaban J connectivity index is 1.95. The maximum absolute atomic E-state index is 12.2. The van der Waals surface area contributed by atoms with Crippen LogP contribution in [-0.4, -0.2) is 34.1 Å². The molecule has 1 heterocycles. The number of hydrogen-bond donors (Lipinski definition) is 2. The number of carbonyl (C=O) groups is 2. The van der Waals surface area contributed by atoms with Crippen molar-refractivity contribution in [1.82, 2.24) is 15.3 Å². The van der Waals surface area contributed by atoms with E-state index < -0.39 is 5.91 Å². The number of aryl methyl sites for hydroxylation is 1. The molecule has 132 valence electrons. The van der Waals surface area contributed by atoms with E-state index in [2.05, 4.69) is 20.6 Å². The number of rotatable bonds is 7. The lowest BCUT2D eigenvalue weighted by atomic mass is 10.2. The number of benzene rings is 1. The van der Waals surface area contributed by atoms with Gasteiger partial charge in [0.1, 0.15) is 0 Å². The smallest absolute Gasteiger partial charge is 0.272 e. The molecule has 0 spiro atoms. The third-order valence-corrected chi connectivity index (χ3v) is 4.54. The molecule has 0 saturated heterocycles. The standard InChI is InChI=1S/C17H19ClN4O2S/c1-3-8-25-17-20-9-12(18)15(22-17)16(24)19-10-14(23)21-13-7-5-4-6-11(13)2/h4-7,9H,3,8,10H2,1-2H3,(H,19,24)(H,21,23). The molecule has 0 fully saturated rings. The summed E-state index contributed by atoms with van der Waals surface area (Å²) in [4.78, 5) is 32.5. The van der Waals surface area contributed by atoms with Crippen LogP contribution in [0.1, 0.15) is 29.4 Å². The molecule has 2 N–H and O–H groups in total. The summed E-state index contributed by atoms with van der Waals surface area (Å²) >= 11 is 7.44. The number of nitrogens with zero attached hydrogens (tertiary/aromatic N) is 2. The molecule has 2 amide bonds. The van der Waals surface area contributed by atoms with E-state index in [9.17, 15) is 9.59 Å². The molecular formula is C17H19ClN4O2S. The molecule has 1 aromatic carbocycles. The van der Waals surface area contributed by atoms with Crippen LogP contribution in [0, 0.1) is 6.92 Å². The van der Waals surface area contributed by atoms with Gasteiger partial charge in [0.15, 0.2) is 10.9 Å². The number of thioether (sulfide) groups is 1. The van der Waals surface area contributed by atoms with Crippen molar-refractivity contribution in [3.63, 3.8) is 0 Å². The van der Waals surface area contributed by atoms with E-state index in [0.29, 0.717) is 10.8 Å². The molecule has 2 aromatic rings. The first kappa shape index (κ1) is 19.2. The maximum Gasteiger partial charge on any atom is 0.272 e. The van der Waals surface area contributed by atoms with Crippen LogP contribution in [0.3, 0.4) is 0 Å². The van der Waals surface area contributed by atoms with Gasteiger partial charge in [-0.05, 0) is 25.0 Å². The summed E-state index contributed by atoms with van der Waals surface area (Å²) in [5, 5.41) is 5.91. The van der Waals surface area contributed by atoms with Crippen molar-refractivity contribution in [2.75, 3.05) is 17.6 Å². The average molecular weight is 379 g/mol. The summed E-state index contributed by atoms with van der Waals surface area (Å²) in [5.41, 5.74) is 1.72. The lowest BCUT2D eigenvalue weighted by Gasteiger charge is -2.09. The predicted molar refractivity (Wildman–Crippen MR) is 100 cm³/mol. The maximum atomic E-state index is 12.2. The Kier molecular flexibility index (Phi) is 7.21. The second kappa shape index (κ2) is 9.39. The minimum atomic E-state index is -0.509. The quantitative estimate of drug-likeness (QED) is 0.570. The minimum Gasteiger partial charge on any atom is -0.342 e. The van der Waals surface area contributed by atoms with Gasteiger partial charge in [-0.1, -0.05) is 48.5 Å². The molecule has 1 aromatic heterocycles. The third-order valence-electron chi connectivity index (χ3n) is 3.20. The highest BCUT2D eigenvalue weighted by molar-refractivity contribution is 7.99. The highest BCUT2D eigenvalue weighted by atomic mass is 35.5. The average Bonchev–Trinajstić information content (AvgIpc) is 2.61. The number of hydrogen-bond acceptors (Lipinski definition) is 5. The lowest BCUT2D eigenvalue weighted by Crippen LogP contribution is -2.33. The van der Waals surface area contributed by atoms with E-state index in [4.69, 9.17) is 11.6 Å². The van der Waals surface area contributed by atoms with Gasteiger partial charge in [0.05, 0.1) is 17.8 Å². The monoisotopic (exact) mass is 378 g/mol. The van der Waals surface area contributed by atoms with E-state index >= 15 is 0 Å². The SMILES string of the molecule is CCCSc1ncc(Cl)c(C(=O)NCC(=O)Nc2ccccc2C)n1. The molecule has 0 atom stereocenters. The number of para-hydroxylation sites is 1. The van der Waals surface area contributed by atoms with E-state index in [1.54, 1.807) is 6.07 Å². The number of nitrogens with one attached hydrogen (secondary N) is 2. The summed E-state index contributed by atoms with van der Waals surface area (Å²) in [7, 11) is 0. The summed E-state index contributed by atoms with van der Waals surface area (Å²) in [6, 6.07) is 7.41. The van der Waals surface area contributed by atoms with Crippen LogP contribution in [0.2, 0.25) is 5.02 Å². The molecule has 0 aliphatic heterocycles. The Hall–Kier alpha value is -2.12. The Bertz CT molecular complexity index is 770. The first-order chi connectivity index (χ1) is 12.0. The normalized spacial score (nSPS) is 10.4. The van der Waals surface area contributed by atoms with Gasteiger partial charge in [-0.3, -0.25) is 9.59 Å². The summed E-state index contributed by atoms with van der Waals surface area (Å²) in [6.07, 6.45) is 2.37. The fraction of sp³-hybridized carbons (Fsp3) is 0.294. The summed E-state index contributed by atoms with van der Waals surface area (Å²) < 4.78 is 0. The van der Waals surface area contributed by atoms with Crippen LogP contribution < -0.4 is 10.6 Å². The van der Waals surface area contributed by atoms with Gasteiger partial charge < -0.3 is 10.6 Å². The second-order valence-corrected chi connectivity index (χ2v) is 6.71. The summed E-state index contributed by atoms with van der Waals surface area (Å²) in [5.74, 6) is 0.0146. The molecule has 0 radical (unpaired) electrons. The topological polar surface area (TPSA) is 84.0 Å². The number of anilines is 1. The van der Waals surface area contributed by atoms with Crippen molar-refractivity contribution in [2.45, 2.75) is 25.4 Å². The zero-order valence-corrected chi connectivity index (χ0v) is 15.6. The van der Waals surface area contributed by atoms with Gasteiger partial charge in [-0.15, -0.1) is 0 Å². The first-order valence-electron chi connectivity index (χ1n) is 7.80. The van der Waals surface area contributed by atoms with Crippen molar-refractivity contribution < 1.29 is 9.59 Å². The van der Waals surface area contributed by atoms with Gasteiger partial charge in [0.2, 0.25) is 5.91 Å². The van der Waals surface area contributed by atoms with E-state index in [1.807, 2.05) is 32.0 Å². The van der Waals surface area contributed by atoms with Crippen molar-refractivity contribution in [3.05, 3.63) is 46.7 Å². The van der Waals surface area contributed by atoms with E-state index in [0.717, 1.165) is 17.7 Å². The van der Waals surface area contributed by atoms with Crippen LogP contribution in [0.25, 0.3) is 0 Å². The Morgan fingerprint density at radius 2 is 2.04 bits per heavy atom. The number of halogens is 1. The highest BCUT2D eigenvalue weighted by Gasteiger charge is 2.15. The van der Waals surface area contributed by atoms with Crippen LogP contribution in [0.4, 0.5) is 5.69 Å². The van der Waals surface area contributed by atoms with Crippen LogP contribution >= 0.6 is 23.4 Å². The molecule has 8 heteroatoms. The van der Waals surface area contributed by atoms with Crippen molar-refractivity contribution in [2.24, 2.45) is 0 Å². The van der Waals surface area contributed by atoms with Crippen LogP contribution in [0.5, 0.6) is 0 Å². The fourth-order valence-electron chi connectivity index (χ4n) is 1.92. The van der Waals surface area contributed by atoms with Gasteiger partial charge in [0.25, 0.3) is 5.91 Å². The van der Waals surface area contributed by atoms with Gasteiger partial charge in [-0.2, -0.15) is 0 Å². The Morgan fingerprint density at radius 1 is 1.28 bits per heavy atom. The second-order valence-electron chi connectivity index (χ2n) is 5.24. The fourth-order valence-corrected chi connectivity index (χ4v) is 2.77. The molecule has 25 heavy (non-hydrogen) atoms. The molecular weight excluding hydrogens is 360 g/mol. The van der Waals surface area contributed by atoms with Crippen molar-refractivity contribution in [3.8, 4) is 0 Å². The molecule has 0 aliphatic carbocycles. The number of carbonyl (C=O) groups excluding carboxylic acids is 2.